The Morgan fingerprint density at radius 3 is 2.59 bits per heavy atom. The van der Waals surface area contributed by atoms with Gasteiger partial charge in [-0.15, -0.1) is 0 Å². The van der Waals surface area contributed by atoms with Gasteiger partial charge < -0.3 is 19.9 Å². The van der Waals surface area contributed by atoms with E-state index in [0.717, 1.165) is 61.0 Å². The second-order valence-corrected chi connectivity index (χ2v) is 12.5. The number of unbranched alkanes of at least 4 members (excludes halogenated alkanes) is 2. The van der Waals surface area contributed by atoms with Crippen LogP contribution in [0, 0.1) is 0 Å². The number of anilines is 1. The molecule has 2 aromatic carbocycles. The lowest BCUT2D eigenvalue weighted by Gasteiger charge is -2.22. The predicted octanol–water partition coefficient (Wildman–Crippen LogP) is 5.86. The van der Waals surface area contributed by atoms with Crippen LogP contribution in [0.1, 0.15) is 69.4 Å². The molecule has 2 saturated carbocycles. The molecule has 0 atom stereocenters. The largest absolute Gasteiger partial charge is 0.490 e. The number of esters is 1. The Hall–Kier alpha value is -3.18. The minimum Gasteiger partial charge on any atom is -0.490 e. The summed E-state index contributed by atoms with van der Waals surface area (Å²) in [6.07, 6.45) is 9.84. The lowest BCUT2D eigenvalue weighted by atomic mass is 9.96. The van der Waals surface area contributed by atoms with Crippen LogP contribution in [0.25, 0.3) is 11.1 Å². The van der Waals surface area contributed by atoms with Gasteiger partial charge in [0.2, 0.25) is 10.0 Å². The van der Waals surface area contributed by atoms with Gasteiger partial charge in [0.1, 0.15) is 10.6 Å². The fraction of sp³-hybridized carbons (Fsp3) is 0.400. The normalized spacial score (nSPS) is 15.9. The van der Waals surface area contributed by atoms with Crippen LogP contribution in [-0.4, -0.2) is 25.5 Å². The number of hydrogen-bond acceptors (Lipinski definition) is 8. The zero-order valence-electron chi connectivity index (χ0n) is 22.9. The highest BCUT2D eigenvalue weighted by Crippen LogP contribution is 2.53. The molecule has 9 nitrogen and oxygen atoms in total. The zero-order chi connectivity index (χ0) is 29.2. The van der Waals surface area contributed by atoms with Crippen molar-refractivity contribution in [2.45, 2.75) is 81.5 Å². The average molecular weight is 600 g/mol. The molecule has 2 aliphatic rings. The Kier molecular flexibility index (Phi) is 8.56. The van der Waals surface area contributed by atoms with E-state index in [4.69, 9.17) is 36.7 Å². The Labute approximate surface area is 245 Å². The van der Waals surface area contributed by atoms with Crippen molar-refractivity contribution in [2.75, 3.05) is 5.73 Å². The summed E-state index contributed by atoms with van der Waals surface area (Å²) in [6, 6.07) is 11.3. The zero-order valence-corrected chi connectivity index (χ0v) is 24.5. The molecule has 41 heavy (non-hydrogen) atoms. The molecule has 0 unspecified atom stereocenters. The number of para-hydroxylation sites is 1. The summed E-state index contributed by atoms with van der Waals surface area (Å²) in [4.78, 5) is 16.4. The molecule has 2 fully saturated rings. The van der Waals surface area contributed by atoms with Gasteiger partial charge in [-0.25, -0.2) is 13.6 Å². The summed E-state index contributed by atoms with van der Waals surface area (Å²) in [5.41, 5.74) is 8.52. The molecule has 0 aliphatic heterocycles. The van der Waals surface area contributed by atoms with Crippen molar-refractivity contribution < 1.29 is 27.4 Å². The van der Waals surface area contributed by atoms with Crippen molar-refractivity contribution in [1.82, 2.24) is 4.98 Å². The number of nitrogens with two attached hydrogens (primary N) is 2. The van der Waals surface area contributed by atoms with E-state index in [-0.39, 0.29) is 35.6 Å². The van der Waals surface area contributed by atoms with Crippen LogP contribution in [0.5, 0.6) is 11.5 Å². The second-order valence-electron chi connectivity index (χ2n) is 10.6. The van der Waals surface area contributed by atoms with E-state index in [2.05, 4.69) is 4.98 Å². The van der Waals surface area contributed by atoms with Crippen molar-refractivity contribution in [2.24, 2.45) is 5.14 Å². The SMILES string of the molecule is CCCCCC(=O)Oc1c(Cl)c(COC2(c3cnccc3-c3ccccc3OC3CC3)CC2)cc(N)c1S(N)(=O)=O. The number of hydrogen-bond donors (Lipinski definition) is 2. The highest BCUT2D eigenvalue weighted by atomic mass is 35.5. The van der Waals surface area contributed by atoms with E-state index in [1.54, 1.807) is 12.4 Å². The smallest absolute Gasteiger partial charge is 0.311 e. The van der Waals surface area contributed by atoms with E-state index in [1.807, 2.05) is 37.3 Å². The van der Waals surface area contributed by atoms with Crippen molar-refractivity contribution in [3.63, 3.8) is 0 Å². The summed E-state index contributed by atoms with van der Waals surface area (Å²) < 4.78 is 42.8. The molecule has 0 amide bonds. The van der Waals surface area contributed by atoms with E-state index in [0.29, 0.717) is 12.0 Å². The molecule has 4 N–H and O–H groups in total. The van der Waals surface area contributed by atoms with Crippen molar-refractivity contribution >= 4 is 33.3 Å². The van der Waals surface area contributed by atoms with Crippen LogP contribution in [-0.2, 0) is 31.8 Å². The van der Waals surface area contributed by atoms with Gasteiger partial charge in [-0.05, 0) is 55.9 Å². The molecule has 218 valence electrons. The van der Waals surface area contributed by atoms with E-state index >= 15 is 0 Å². The number of sulfonamides is 1. The van der Waals surface area contributed by atoms with Crippen molar-refractivity contribution in [1.29, 1.82) is 0 Å². The first-order valence-electron chi connectivity index (χ1n) is 13.8. The topological polar surface area (TPSA) is 144 Å². The third-order valence-electron chi connectivity index (χ3n) is 7.28. The summed E-state index contributed by atoms with van der Waals surface area (Å²) in [7, 11) is -4.34. The molecule has 5 rings (SSSR count). The van der Waals surface area contributed by atoms with Gasteiger partial charge in [0, 0.05) is 35.5 Å². The lowest BCUT2D eigenvalue weighted by molar-refractivity contribution is -0.134. The second kappa shape index (κ2) is 12.0. The minimum atomic E-state index is -4.34. The average Bonchev–Trinajstić information content (AvgIpc) is 3.87. The fourth-order valence-corrected chi connectivity index (χ4v) is 5.93. The molecule has 0 bridgehead atoms. The van der Waals surface area contributed by atoms with Crippen LogP contribution < -0.4 is 20.3 Å². The number of carbonyl (C=O) groups is 1. The molecule has 0 saturated heterocycles. The molecule has 1 aromatic heterocycles. The van der Waals surface area contributed by atoms with Crippen LogP contribution in [0.15, 0.2) is 53.7 Å². The predicted molar refractivity (Wildman–Crippen MR) is 156 cm³/mol. The molecule has 0 radical (unpaired) electrons. The Balaban J connectivity index is 1.43. The first kappa shape index (κ1) is 29.3. The van der Waals surface area contributed by atoms with Gasteiger partial charge in [-0.1, -0.05) is 49.6 Å². The van der Waals surface area contributed by atoms with Gasteiger partial charge in [-0.3, -0.25) is 9.78 Å². The maximum absolute atomic E-state index is 12.5. The number of aromatic nitrogens is 1. The number of primary sulfonamides is 1. The molecule has 1 heterocycles. The minimum absolute atomic E-state index is 0.0110. The third-order valence-corrected chi connectivity index (χ3v) is 8.68. The molecule has 2 aliphatic carbocycles. The van der Waals surface area contributed by atoms with Crippen LogP contribution in [0.3, 0.4) is 0 Å². The van der Waals surface area contributed by atoms with Crippen LogP contribution in [0.4, 0.5) is 5.69 Å². The highest BCUT2D eigenvalue weighted by Gasteiger charge is 2.48. The number of pyridine rings is 1. The monoisotopic (exact) mass is 599 g/mol. The summed E-state index contributed by atoms with van der Waals surface area (Å²) in [5, 5.41) is 5.33. The Morgan fingerprint density at radius 1 is 1.15 bits per heavy atom. The fourth-order valence-electron chi connectivity index (χ4n) is 4.84. The van der Waals surface area contributed by atoms with E-state index in [9.17, 15) is 13.2 Å². The molecule has 11 heteroatoms. The number of benzene rings is 2. The summed E-state index contributed by atoms with van der Waals surface area (Å²) in [6.45, 7) is 2.00. The van der Waals surface area contributed by atoms with Gasteiger partial charge >= 0.3 is 5.97 Å². The van der Waals surface area contributed by atoms with Gasteiger partial charge in [-0.2, -0.15) is 0 Å². The Morgan fingerprint density at radius 2 is 1.90 bits per heavy atom. The van der Waals surface area contributed by atoms with E-state index in [1.165, 1.54) is 6.07 Å². The number of halogens is 1. The first-order chi connectivity index (χ1) is 19.6. The maximum atomic E-state index is 12.5. The highest BCUT2D eigenvalue weighted by molar-refractivity contribution is 7.89. The first-order valence-corrected chi connectivity index (χ1v) is 15.7. The van der Waals surface area contributed by atoms with E-state index < -0.39 is 26.5 Å². The maximum Gasteiger partial charge on any atom is 0.311 e. The molecular formula is C30H34ClN3O6S. The molecule has 3 aromatic rings. The number of nitrogen functional groups attached to an aromatic ring is 1. The lowest BCUT2D eigenvalue weighted by Crippen LogP contribution is -2.19. The van der Waals surface area contributed by atoms with Crippen molar-refractivity contribution in [3.8, 4) is 22.6 Å². The quantitative estimate of drug-likeness (QED) is 0.107. The van der Waals surface area contributed by atoms with Gasteiger partial charge in [0.15, 0.2) is 5.75 Å². The standard InChI is InChI=1S/C30H34ClN3O6S/c1-2-3-4-9-26(35)40-28-27(31)19(16-24(32)29(28)41(33,36)37)18-38-30(13-14-30)23-17-34-15-12-21(23)22-7-5-6-8-25(22)39-20-10-11-20/h5-8,12,15-17,20H,2-4,9-11,13-14,18,32H2,1H3,(H2,33,36,37). The summed E-state index contributed by atoms with van der Waals surface area (Å²) >= 11 is 6.63. The van der Waals surface area contributed by atoms with Gasteiger partial charge in [0.05, 0.1) is 29.0 Å². The Bertz CT molecular complexity index is 1550. The molecular weight excluding hydrogens is 566 g/mol. The summed E-state index contributed by atoms with van der Waals surface area (Å²) in [5.74, 6) is -0.168. The number of ether oxygens (including phenoxy) is 3. The van der Waals surface area contributed by atoms with Crippen molar-refractivity contribution in [3.05, 3.63) is 64.9 Å². The van der Waals surface area contributed by atoms with Gasteiger partial charge in [0.25, 0.3) is 0 Å². The number of carbonyl (C=O) groups excluding carboxylic acids is 1. The molecule has 0 spiro atoms. The third kappa shape index (κ3) is 6.67. The van der Waals surface area contributed by atoms with Crippen LogP contribution >= 0.6 is 11.6 Å². The number of nitrogens with zero attached hydrogens (tertiary/aromatic N) is 1. The number of rotatable bonds is 13. The van der Waals surface area contributed by atoms with Crippen LogP contribution in [0.2, 0.25) is 5.02 Å².